The Hall–Kier alpha value is -0.200. The summed E-state index contributed by atoms with van der Waals surface area (Å²) < 4.78 is 0. The topological polar surface area (TPSA) is 27.0 Å². The smallest absolute Gasteiger partial charge is 0.0684 e. The van der Waals surface area contributed by atoms with E-state index >= 15 is 0 Å². The van der Waals surface area contributed by atoms with Crippen LogP contribution in [0.4, 0.5) is 0 Å². The summed E-state index contributed by atoms with van der Waals surface area (Å²) in [6.45, 7) is 10.9. The highest BCUT2D eigenvalue weighted by molar-refractivity contribution is 8.00. The highest BCUT2D eigenvalue weighted by Crippen LogP contribution is 2.26. The van der Waals surface area contributed by atoms with Crippen LogP contribution in [0.5, 0.6) is 0 Å². The fourth-order valence-corrected chi connectivity index (χ4v) is 2.95. The minimum atomic E-state index is -0.173. The Morgan fingerprint density at radius 3 is 2.73 bits per heavy atom. The van der Waals surface area contributed by atoms with Crippen LogP contribution in [0, 0.1) is 16.7 Å². The lowest BCUT2D eigenvalue weighted by molar-refractivity contribution is 0.191. The molecule has 2 unspecified atom stereocenters. The van der Waals surface area contributed by atoms with Crippen molar-refractivity contribution in [3.8, 4) is 6.07 Å². The molecule has 1 heterocycles. The lowest BCUT2D eigenvalue weighted by Crippen LogP contribution is -2.45. The molecule has 0 saturated carbocycles. The second kappa shape index (κ2) is 5.23. The van der Waals surface area contributed by atoms with Gasteiger partial charge in [-0.2, -0.15) is 17.0 Å². The van der Waals surface area contributed by atoms with Gasteiger partial charge in [-0.25, -0.2) is 0 Å². The van der Waals surface area contributed by atoms with Crippen LogP contribution in [0.15, 0.2) is 0 Å². The number of thioether (sulfide) groups is 1. The predicted molar refractivity (Wildman–Crippen MR) is 67.0 cm³/mol. The molecule has 0 aliphatic carbocycles. The Morgan fingerprint density at radius 1 is 1.47 bits per heavy atom. The van der Waals surface area contributed by atoms with Gasteiger partial charge in [0.05, 0.1) is 11.5 Å². The first-order valence-electron chi connectivity index (χ1n) is 5.73. The van der Waals surface area contributed by atoms with E-state index in [1.165, 1.54) is 12.3 Å². The number of hydrogen-bond donors (Lipinski definition) is 0. The van der Waals surface area contributed by atoms with Gasteiger partial charge in [0.1, 0.15) is 0 Å². The van der Waals surface area contributed by atoms with Gasteiger partial charge in [0.25, 0.3) is 0 Å². The number of rotatable bonds is 3. The van der Waals surface area contributed by atoms with Crippen LogP contribution in [0.3, 0.4) is 0 Å². The van der Waals surface area contributed by atoms with Crippen molar-refractivity contribution in [2.75, 3.05) is 18.8 Å². The van der Waals surface area contributed by atoms with Gasteiger partial charge in [0.15, 0.2) is 0 Å². The summed E-state index contributed by atoms with van der Waals surface area (Å²) in [5.41, 5.74) is -0.173. The van der Waals surface area contributed by atoms with Crippen molar-refractivity contribution in [1.82, 2.24) is 4.90 Å². The third-order valence-corrected chi connectivity index (χ3v) is 4.68. The summed E-state index contributed by atoms with van der Waals surface area (Å²) in [6, 6.07) is 3.03. The van der Waals surface area contributed by atoms with Crippen molar-refractivity contribution in [2.45, 2.75) is 45.4 Å². The Balaban J connectivity index is 2.42. The molecule has 3 heteroatoms. The minimum Gasteiger partial charge on any atom is -0.299 e. The molecule has 0 aromatic carbocycles. The zero-order chi connectivity index (χ0) is 11.5. The van der Waals surface area contributed by atoms with Crippen LogP contribution >= 0.6 is 11.8 Å². The maximum atomic E-state index is 8.97. The molecule has 0 spiro atoms. The first kappa shape index (κ1) is 12.9. The quantitative estimate of drug-likeness (QED) is 0.740. The van der Waals surface area contributed by atoms with E-state index in [0.717, 1.165) is 18.2 Å². The Morgan fingerprint density at radius 2 is 2.13 bits per heavy atom. The van der Waals surface area contributed by atoms with Gasteiger partial charge in [-0.15, -0.1) is 0 Å². The van der Waals surface area contributed by atoms with Gasteiger partial charge in [0.2, 0.25) is 0 Å². The minimum absolute atomic E-state index is 0.173. The standard InChI is InChI=1S/C12H22N2S/c1-10-11(2)15-8-7-14(10)6-5-12(3,4)9-13/h10-11H,5-8H2,1-4H3. The molecule has 0 aromatic heterocycles. The second-order valence-electron chi connectivity index (χ2n) is 5.10. The molecule has 86 valence electrons. The van der Waals surface area contributed by atoms with Crippen LogP contribution in [0.2, 0.25) is 0 Å². The molecule has 1 saturated heterocycles. The lowest BCUT2D eigenvalue weighted by atomic mass is 9.91. The molecule has 0 bridgehead atoms. The van der Waals surface area contributed by atoms with Gasteiger partial charge in [0, 0.05) is 23.6 Å². The SMILES string of the molecule is CC1SCCN(CCC(C)(C)C#N)C1C. The highest BCUT2D eigenvalue weighted by atomic mass is 32.2. The predicted octanol–water partition coefficient (Wildman–Crippen LogP) is 2.75. The van der Waals surface area contributed by atoms with Crippen molar-refractivity contribution >= 4 is 11.8 Å². The number of nitriles is 1. The van der Waals surface area contributed by atoms with E-state index in [0.29, 0.717) is 6.04 Å². The molecule has 0 N–H and O–H groups in total. The van der Waals surface area contributed by atoms with Crippen molar-refractivity contribution < 1.29 is 0 Å². The normalized spacial score (nSPS) is 28.7. The van der Waals surface area contributed by atoms with Crippen LogP contribution in [0.1, 0.15) is 34.1 Å². The summed E-state index contributed by atoms with van der Waals surface area (Å²) in [7, 11) is 0. The number of hydrogen-bond acceptors (Lipinski definition) is 3. The Kier molecular flexibility index (Phi) is 4.48. The molecule has 0 aromatic rings. The third kappa shape index (κ3) is 3.70. The fourth-order valence-electron chi connectivity index (χ4n) is 1.79. The summed E-state index contributed by atoms with van der Waals surface area (Å²) in [5, 5.41) is 9.69. The number of nitrogens with zero attached hydrogens (tertiary/aromatic N) is 2. The van der Waals surface area contributed by atoms with Crippen LogP contribution < -0.4 is 0 Å². The van der Waals surface area contributed by atoms with E-state index in [4.69, 9.17) is 5.26 Å². The van der Waals surface area contributed by atoms with Crippen molar-refractivity contribution in [2.24, 2.45) is 5.41 Å². The Labute approximate surface area is 98.0 Å². The monoisotopic (exact) mass is 226 g/mol. The van der Waals surface area contributed by atoms with E-state index < -0.39 is 0 Å². The van der Waals surface area contributed by atoms with Gasteiger partial charge < -0.3 is 0 Å². The molecular weight excluding hydrogens is 204 g/mol. The van der Waals surface area contributed by atoms with Gasteiger partial charge >= 0.3 is 0 Å². The van der Waals surface area contributed by atoms with Crippen molar-refractivity contribution in [1.29, 1.82) is 5.26 Å². The molecule has 0 radical (unpaired) electrons. The summed E-state index contributed by atoms with van der Waals surface area (Å²) in [4.78, 5) is 2.53. The molecule has 2 atom stereocenters. The molecular formula is C12H22N2S. The van der Waals surface area contributed by atoms with Gasteiger partial charge in [-0.1, -0.05) is 6.92 Å². The van der Waals surface area contributed by atoms with Crippen molar-refractivity contribution in [3.05, 3.63) is 0 Å². The van der Waals surface area contributed by atoms with Crippen LogP contribution in [-0.2, 0) is 0 Å². The van der Waals surface area contributed by atoms with Crippen LogP contribution in [-0.4, -0.2) is 35.0 Å². The maximum absolute atomic E-state index is 8.97. The molecule has 1 fully saturated rings. The molecule has 2 nitrogen and oxygen atoms in total. The highest BCUT2D eigenvalue weighted by Gasteiger charge is 2.26. The zero-order valence-electron chi connectivity index (χ0n) is 10.3. The van der Waals surface area contributed by atoms with Gasteiger partial charge in [-0.3, -0.25) is 4.90 Å². The summed E-state index contributed by atoms with van der Waals surface area (Å²) in [6.07, 6.45) is 0.977. The van der Waals surface area contributed by atoms with E-state index in [1.54, 1.807) is 0 Å². The fraction of sp³-hybridized carbons (Fsp3) is 0.917. The molecule has 1 aliphatic heterocycles. The third-order valence-electron chi connectivity index (χ3n) is 3.34. The first-order valence-corrected chi connectivity index (χ1v) is 6.78. The average Bonchev–Trinajstić information content (AvgIpc) is 2.20. The first-order chi connectivity index (χ1) is 6.96. The van der Waals surface area contributed by atoms with Crippen molar-refractivity contribution in [3.63, 3.8) is 0 Å². The second-order valence-corrected chi connectivity index (χ2v) is 6.58. The Bertz CT molecular complexity index is 244. The summed E-state index contributed by atoms with van der Waals surface area (Å²) >= 11 is 2.06. The van der Waals surface area contributed by atoms with Gasteiger partial charge in [-0.05, 0) is 33.7 Å². The van der Waals surface area contributed by atoms with E-state index in [1.807, 2.05) is 13.8 Å². The molecule has 1 aliphatic rings. The van der Waals surface area contributed by atoms with Crippen LogP contribution in [0.25, 0.3) is 0 Å². The molecule has 15 heavy (non-hydrogen) atoms. The van der Waals surface area contributed by atoms with E-state index in [9.17, 15) is 0 Å². The lowest BCUT2D eigenvalue weighted by Gasteiger charge is -2.38. The average molecular weight is 226 g/mol. The zero-order valence-corrected chi connectivity index (χ0v) is 11.1. The largest absolute Gasteiger partial charge is 0.299 e. The summed E-state index contributed by atoms with van der Waals surface area (Å²) in [5.74, 6) is 1.23. The molecule has 1 rings (SSSR count). The van der Waals surface area contributed by atoms with E-state index in [-0.39, 0.29) is 5.41 Å². The molecule has 0 amide bonds. The maximum Gasteiger partial charge on any atom is 0.0684 e. The van der Waals surface area contributed by atoms with E-state index in [2.05, 4.69) is 36.6 Å².